The Morgan fingerprint density at radius 1 is 1.21 bits per heavy atom. The van der Waals surface area contributed by atoms with Crippen LogP contribution in [-0.2, 0) is 4.79 Å². The van der Waals surface area contributed by atoms with Crippen LogP contribution < -0.4 is 0 Å². The van der Waals surface area contributed by atoms with E-state index in [0.717, 1.165) is 49.9 Å². The molecular formula is C19H27N3O2. The number of amides is 2. The summed E-state index contributed by atoms with van der Waals surface area (Å²) < 4.78 is 0. The predicted octanol–water partition coefficient (Wildman–Crippen LogP) is 2.72. The van der Waals surface area contributed by atoms with Crippen molar-refractivity contribution >= 4 is 11.8 Å². The monoisotopic (exact) mass is 329 g/mol. The Morgan fingerprint density at radius 3 is 2.71 bits per heavy atom. The van der Waals surface area contributed by atoms with Crippen LogP contribution in [0.2, 0.25) is 0 Å². The van der Waals surface area contributed by atoms with Crippen molar-refractivity contribution in [3.63, 3.8) is 0 Å². The molecule has 5 nitrogen and oxygen atoms in total. The zero-order valence-electron chi connectivity index (χ0n) is 14.5. The Balaban J connectivity index is 1.51. The van der Waals surface area contributed by atoms with Gasteiger partial charge in [0.05, 0.1) is 11.0 Å². The molecule has 1 aromatic heterocycles. The number of aromatic amines is 1. The van der Waals surface area contributed by atoms with Crippen LogP contribution in [-0.4, -0.2) is 52.3 Å². The molecule has 2 aliphatic heterocycles. The van der Waals surface area contributed by atoms with E-state index in [1.54, 1.807) is 0 Å². The molecule has 4 rings (SSSR count). The Kier molecular flexibility index (Phi) is 3.89. The number of hydrogen-bond donors (Lipinski definition) is 1. The summed E-state index contributed by atoms with van der Waals surface area (Å²) in [6.45, 7) is 4.13. The van der Waals surface area contributed by atoms with E-state index >= 15 is 0 Å². The lowest BCUT2D eigenvalue weighted by Crippen LogP contribution is -2.53. The van der Waals surface area contributed by atoms with Gasteiger partial charge in [0.2, 0.25) is 5.91 Å². The second-order valence-electron chi connectivity index (χ2n) is 7.81. The van der Waals surface area contributed by atoms with Gasteiger partial charge >= 0.3 is 0 Å². The minimum Gasteiger partial charge on any atom is -0.365 e. The van der Waals surface area contributed by atoms with Crippen LogP contribution >= 0.6 is 0 Å². The van der Waals surface area contributed by atoms with Crippen molar-refractivity contribution in [1.29, 1.82) is 0 Å². The van der Waals surface area contributed by atoms with Crippen molar-refractivity contribution in [2.24, 2.45) is 5.41 Å². The van der Waals surface area contributed by atoms with E-state index in [-0.39, 0.29) is 11.3 Å². The smallest absolute Gasteiger partial charge is 0.255 e. The summed E-state index contributed by atoms with van der Waals surface area (Å²) in [6, 6.07) is 2.29. The zero-order valence-corrected chi connectivity index (χ0v) is 14.5. The molecule has 3 aliphatic rings. The number of nitrogens with zero attached hydrogens (tertiary/aromatic N) is 2. The molecule has 0 bridgehead atoms. The molecule has 1 unspecified atom stereocenters. The lowest BCUT2D eigenvalue weighted by molar-refractivity contribution is -0.148. The molecule has 1 spiro atoms. The molecule has 5 heteroatoms. The highest BCUT2D eigenvalue weighted by Gasteiger charge is 2.50. The first-order valence-corrected chi connectivity index (χ1v) is 9.35. The third kappa shape index (κ3) is 2.45. The Bertz CT molecular complexity index is 647. The van der Waals surface area contributed by atoms with Gasteiger partial charge in [0.1, 0.15) is 0 Å². The number of likely N-dealkylation sites (tertiary alicyclic amines) is 2. The van der Waals surface area contributed by atoms with E-state index in [4.69, 9.17) is 0 Å². The third-order valence-electron chi connectivity index (χ3n) is 6.36. The van der Waals surface area contributed by atoms with Crippen molar-refractivity contribution < 1.29 is 9.59 Å². The van der Waals surface area contributed by atoms with Crippen LogP contribution in [0.4, 0.5) is 0 Å². The highest BCUT2D eigenvalue weighted by Crippen LogP contribution is 2.42. The van der Waals surface area contributed by atoms with Crippen LogP contribution in [0.3, 0.4) is 0 Å². The summed E-state index contributed by atoms with van der Waals surface area (Å²) in [6.07, 6.45) is 9.46. The molecular weight excluding hydrogens is 302 g/mol. The zero-order chi connectivity index (χ0) is 16.7. The molecule has 3 heterocycles. The van der Waals surface area contributed by atoms with Gasteiger partial charge in [0, 0.05) is 37.6 Å². The Labute approximate surface area is 143 Å². The number of aryl methyl sites for hydroxylation is 1. The molecule has 130 valence electrons. The van der Waals surface area contributed by atoms with Gasteiger partial charge in [0.15, 0.2) is 0 Å². The second kappa shape index (κ2) is 5.94. The highest BCUT2D eigenvalue weighted by molar-refractivity contribution is 5.96. The molecule has 0 aromatic carbocycles. The van der Waals surface area contributed by atoms with Crippen molar-refractivity contribution in [3.05, 3.63) is 23.5 Å². The number of H-pyrrole nitrogens is 1. The molecule has 1 saturated carbocycles. The molecule has 0 radical (unpaired) electrons. The number of carbonyl (C=O) groups is 2. The fraction of sp³-hybridized carbons (Fsp3) is 0.684. The van der Waals surface area contributed by atoms with E-state index < -0.39 is 0 Å². The third-order valence-corrected chi connectivity index (χ3v) is 6.36. The standard InChI is InChI=1S/C19H27N3O2/c1-14-16(7-10-20-14)17(23)21-12-9-19(13-21)8-4-11-22(18(19)24)15-5-2-3-6-15/h7,10,15,20H,2-6,8-9,11-13H2,1H3. The maximum Gasteiger partial charge on any atom is 0.255 e. The minimum absolute atomic E-state index is 0.0661. The SMILES string of the molecule is Cc1[nH]ccc1C(=O)N1CCC2(CCCN(C3CCCC3)C2=O)C1. The van der Waals surface area contributed by atoms with Crippen LogP contribution in [0.15, 0.2) is 12.3 Å². The van der Waals surface area contributed by atoms with Crippen LogP contribution in [0.5, 0.6) is 0 Å². The van der Waals surface area contributed by atoms with Gasteiger partial charge in [-0.3, -0.25) is 9.59 Å². The maximum atomic E-state index is 13.2. The van der Waals surface area contributed by atoms with Gasteiger partial charge in [-0.1, -0.05) is 12.8 Å². The number of carbonyl (C=O) groups excluding carboxylic acids is 2. The molecule has 1 aromatic rings. The topological polar surface area (TPSA) is 56.4 Å². The number of rotatable bonds is 2. The number of aromatic nitrogens is 1. The average Bonchev–Trinajstić information content (AvgIpc) is 3.31. The number of hydrogen-bond acceptors (Lipinski definition) is 2. The largest absolute Gasteiger partial charge is 0.365 e. The van der Waals surface area contributed by atoms with E-state index in [9.17, 15) is 9.59 Å². The van der Waals surface area contributed by atoms with Crippen LogP contribution in [0.25, 0.3) is 0 Å². The summed E-state index contributed by atoms with van der Waals surface area (Å²) >= 11 is 0. The maximum absolute atomic E-state index is 13.2. The lowest BCUT2D eigenvalue weighted by atomic mass is 9.77. The van der Waals surface area contributed by atoms with E-state index in [1.165, 1.54) is 12.8 Å². The first-order chi connectivity index (χ1) is 11.6. The van der Waals surface area contributed by atoms with Gasteiger partial charge in [-0.25, -0.2) is 0 Å². The van der Waals surface area contributed by atoms with Crippen LogP contribution in [0.1, 0.15) is 61.0 Å². The van der Waals surface area contributed by atoms with E-state index in [2.05, 4.69) is 9.88 Å². The number of nitrogens with one attached hydrogen (secondary N) is 1. The normalized spacial score (nSPS) is 28.3. The average molecular weight is 329 g/mol. The van der Waals surface area contributed by atoms with Crippen LogP contribution in [0, 0.1) is 12.3 Å². The summed E-state index contributed by atoms with van der Waals surface area (Å²) in [4.78, 5) is 33.1. The lowest BCUT2D eigenvalue weighted by Gasteiger charge is -2.42. The molecule has 1 N–H and O–H groups in total. The quantitative estimate of drug-likeness (QED) is 0.907. The first-order valence-electron chi connectivity index (χ1n) is 9.35. The van der Waals surface area contributed by atoms with Crippen molar-refractivity contribution in [2.45, 2.75) is 57.9 Å². The van der Waals surface area contributed by atoms with Gasteiger partial charge in [-0.2, -0.15) is 0 Å². The van der Waals surface area contributed by atoms with Gasteiger partial charge in [-0.05, 0) is 45.1 Å². The second-order valence-corrected chi connectivity index (χ2v) is 7.81. The Morgan fingerprint density at radius 2 is 2.00 bits per heavy atom. The molecule has 1 aliphatic carbocycles. The number of piperidine rings is 1. The first kappa shape index (κ1) is 15.7. The molecule has 1 atom stereocenters. The van der Waals surface area contributed by atoms with Gasteiger partial charge in [0.25, 0.3) is 5.91 Å². The van der Waals surface area contributed by atoms with Crippen molar-refractivity contribution in [2.75, 3.05) is 19.6 Å². The van der Waals surface area contributed by atoms with E-state index in [0.29, 0.717) is 25.0 Å². The van der Waals surface area contributed by atoms with Crippen molar-refractivity contribution in [1.82, 2.24) is 14.8 Å². The van der Waals surface area contributed by atoms with Gasteiger partial charge < -0.3 is 14.8 Å². The molecule has 2 amide bonds. The summed E-state index contributed by atoms with van der Waals surface area (Å²) in [5.41, 5.74) is 1.33. The fourth-order valence-electron chi connectivity index (χ4n) is 4.94. The van der Waals surface area contributed by atoms with Crippen molar-refractivity contribution in [3.8, 4) is 0 Å². The van der Waals surface area contributed by atoms with Gasteiger partial charge in [-0.15, -0.1) is 0 Å². The Hall–Kier alpha value is -1.78. The highest BCUT2D eigenvalue weighted by atomic mass is 16.2. The van der Waals surface area contributed by atoms with E-state index in [1.807, 2.05) is 24.1 Å². The fourth-order valence-corrected chi connectivity index (χ4v) is 4.94. The predicted molar refractivity (Wildman–Crippen MR) is 91.7 cm³/mol. The minimum atomic E-state index is -0.319. The summed E-state index contributed by atoms with van der Waals surface area (Å²) in [5.74, 6) is 0.387. The summed E-state index contributed by atoms with van der Waals surface area (Å²) in [5, 5.41) is 0. The summed E-state index contributed by atoms with van der Waals surface area (Å²) in [7, 11) is 0. The molecule has 24 heavy (non-hydrogen) atoms. The molecule has 3 fully saturated rings. The molecule has 2 saturated heterocycles.